The largest absolute Gasteiger partial charge is 0.306 e. The fourth-order valence-corrected chi connectivity index (χ4v) is 2.43. The zero-order valence-electron chi connectivity index (χ0n) is 12.4. The molecule has 1 heterocycles. The Labute approximate surface area is 112 Å². The van der Waals surface area contributed by atoms with Crippen molar-refractivity contribution in [2.75, 3.05) is 47.3 Å². The predicted octanol–water partition coefficient (Wildman–Crippen LogP) is 1.15. The molecule has 0 aromatic heterocycles. The molecule has 0 saturated carbocycles. The topological polar surface area (TPSA) is 42.3 Å². The number of nitrogens with zero attached hydrogens (tertiary/aromatic N) is 3. The fraction of sp³-hybridized carbons (Fsp3) is 0.929. The minimum absolute atomic E-state index is 0.388. The molecule has 0 aromatic carbocycles. The van der Waals surface area contributed by atoms with Gasteiger partial charge in [0.05, 0.1) is 6.07 Å². The van der Waals surface area contributed by atoms with Gasteiger partial charge in [0.15, 0.2) is 0 Å². The highest BCUT2D eigenvalue weighted by molar-refractivity contribution is 5.03. The average Bonchev–Trinajstić information content (AvgIpc) is 2.39. The lowest BCUT2D eigenvalue weighted by Gasteiger charge is -2.32. The van der Waals surface area contributed by atoms with Gasteiger partial charge in [0, 0.05) is 13.1 Å². The summed E-state index contributed by atoms with van der Waals surface area (Å²) >= 11 is 0. The molecule has 4 heteroatoms. The Hall–Kier alpha value is -0.630. The summed E-state index contributed by atoms with van der Waals surface area (Å²) in [7, 11) is 6.23. The van der Waals surface area contributed by atoms with E-state index in [1.54, 1.807) is 0 Å². The predicted molar refractivity (Wildman–Crippen MR) is 75.4 cm³/mol. The Morgan fingerprint density at radius 2 is 2.06 bits per heavy atom. The first-order chi connectivity index (χ1) is 8.49. The number of rotatable bonds is 6. The zero-order chi connectivity index (χ0) is 13.6. The van der Waals surface area contributed by atoms with E-state index in [1.807, 2.05) is 14.0 Å². The third-order valence-electron chi connectivity index (χ3n) is 4.20. The Bertz CT molecular complexity index is 278. The van der Waals surface area contributed by atoms with Crippen molar-refractivity contribution in [3.05, 3.63) is 0 Å². The second kappa shape index (κ2) is 7.08. The van der Waals surface area contributed by atoms with Crippen molar-refractivity contribution in [2.24, 2.45) is 5.92 Å². The zero-order valence-corrected chi connectivity index (χ0v) is 12.4. The van der Waals surface area contributed by atoms with Crippen molar-refractivity contribution in [3.63, 3.8) is 0 Å². The van der Waals surface area contributed by atoms with Gasteiger partial charge in [-0.05, 0) is 66.3 Å². The second-order valence-corrected chi connectivity index (χ2v) is 5.95. The van der Waals surface area contributed by atoms with Gasteiger partial charge in [0.2, 0.25) is 0 Å². The van der Waals surface area contributed by atoms with E-state index in [0.29, 0.717) is 0 Å². The number of nitriles is 1. The van der Waals surface area contributed by atoms with Gasteiger partial charge in [0.25, 0.3) is 0 Å². The van der Waals surface area contributed by atoms with Gasteiger partial charge in [-0.25, -0.2) is 0 Å². The van der Waals surface area contributed by atoms with Crippen molar-refractivity contribution in [1.29, 1.82) is 5.26 Å². The van der Waals surface area contributed by atoms with Crippen LogP contribution in [-0.4, -0.2) is 62.7 Å². The number of hydrogen-bond acceptors (Lipinski definition) is 4. The summed E-state index contributed by atoms with van der Waals surface area (Å²) in [5, 5.41) is 12.2. The number of piperidine rings is 1. The van der Waals surface area contributed by atoms with Gasteiger partial charge < -0.3 is 15.1 Å². The van der Waals surface area contributed by atoms with E-state index in [0.717, 1.165) is 18.9 Å². The molecule has 1 aliphatic rings. The summed E-state index contributed by atoms with van der Waals surface area (Å²) in [5.74, 6) is 0.828. The molecular weight excluding hydrogens is 224 g/mol. The Kier molecular flexibility index (Phi) is 6.07. The van der Waals surface area contributed by atoms with E-state index in [1.165, 1.54) is 32.5 Å². The molecule has 0 spiro atoms. The first-order valence-electron chi connectivity index (χ1n) is 6.96. The molecule has 0 aromatic rings. The molecule has 1 unspecified atom stereocenters. The minimum Gasteiger partial charge on any atom is -0.306 e. The van der Waals surface area contributed by atoms with Gasteiger partial charge in [-0.3, -0.25) is 0 Å². The van der Waals surface area contributed by atoms with Gasteiger partial charge >= 0.3 is 0 Å². The van der Waals surface area contributed by atoms with Crippen LogP contribution in [0.4, 0.5) is 0 Å². The van der Waals surface area contributed by atoms with Crippen LogP contribution in [0.15, 0.2) is 0 Å². The van der Waals surface area contributed by atoms with Crippen LogP contribution in [0.1, 0.15) is 26.2 Å². The standard InChI is InChI=1S/C14H28N4/c1-14(12-15,16-2)7-10-18(4)11-13-5-8-17(3)9-6-13/h13,16H,5-11H2,1-4H3. The van der Waals surface area contributed by atoms with E-state index in [9.17, 15) is 0 Å². The first kappa shape index (κ1) is 15.4. The van der Waals surface area contributed by atoms with Crippen LogP contribution in [0.25, 0.3) is 0 Å². The number of hydrogen-bond donors (Lipinski definition) is 1. The van der Waals surface area contributed by atoms with Crippen LogP contribution in [0.3, 0.4) is 0 Å². The highest BCUT2D eigenvalue weighted by Gasteiger charge is 2.23. The quantitative estimate of drug-likeness (QED) is 0.770. The smallest absolute Gasteiger partial charge is 0.104 e. The summed E-state index contributed by atoms with van der Waals surface area (Å²) < 4.78 is 0. The molecule has 18 heavy (non-hydrogen) atoms. The molecule has 1 atom stereocenters. The molecule has 0 bridgehead atoms. The van der Waals surface area contributed by atoms with Gasteiger partial charge in [-0.1, -0.05) is 0 Å². The normalized spacial score (nSPS) is 21.8. The fourth-order valence-electron chi connectivity index (χ4n) is 2.43. The second-order valence-electron chi connectivity index (χ2n) is 5.95. The molecule has 0 amide bonds. The van der Waals surface area contributed by atoms with Crippen molar-refractivity contribution in [3.8, 4) is 6.07 Å². The van der Waals surface area contributed by atoms with E-state index in [4.69, 9.17) is 5.26 Å². The highest BCUT2D eigenvalue weighted by Crippen LogP contribution is 2.17. The van der Waals surface area contributed by atoms with Crippen LogP contribution in [0.2, 0.25) is 0 Å². The maximum Gasteiger partial charge on any atom is 0.104 e. The van der Waals surface area contributed by atoms with Crippen molar-refractivity contribution >= 4 is 0 Å². The summed E-state index contributed by atoms with van der Waals surface area (Å²) in [6, 6.07) is 2.35. The van der Waals surface area contributed by atoms with E-state index < -0.39 is 0 Å². The van der Waals surface area contributed by atoms with E-state index in [2.05, 4.69) is 35.3 Å². The lowest BCUT2D eigenvalue weighted by molar-refractivity contribution is 0.171. The van der Waals surface area contributed by atoms with Crippen LogP contribution < -0.4 is 5.32 Å². The van der Waals surface area contributed by atoms with Crippen LogP contribution in [0.5, 0.6) is 0 Å². The van der Waals surface area contributed by atoms with Crippen molar-refractivity contribution in [1.82, 2.24) is 15.1 Å². The third kappa shape index (κ3) is 4.93. The Balaban J connectivity index is 2.25. The highest BCUT2D eigenvalue weighted by atomic mass is 15.1. The molecule has 0 radical (unpaired) electrons. The third-order valence-corrected chi connectivity index (χ3v) is 4.20. The molecule has 0 aliphatic carbocycles. The maximum atomic E-state index is 9.11. The van der Waals surface area contributed by atoms with Crippen LogP contribution >= 0.6 is 0 Å². The van der Waals surface area contributed by atoms with E-state index in [-0.39, 0.29) is 5.54 Å². The monoisotopic (exact) mass is 252 g/mol. The molecular formula is C14H28N4. The maximum absolute atomic E-state index is 9.11. The molecule has 104 valence electrons. The summed E-state index contributed by atoms with van der Waals surface area (Å²) in [6.45, 7) is 6.57. The molecule has 1 N–H and O–H groups in total. The van der Waals surface area contributed by atoms with Gasteiger partial charge in [-0.2, -0.15) is 5.26 Å². The molecule has 4 nitrogen and oxygen atoms in total. The summed E-state index contributed by atoms with van der Waals surface area (Å²) in [5.41, 5.74) is -0.388. The lowest BCUT2D eigenvalue weighted by Crippen LogP contribution is -2.42. The molecule has 1 rings (SSSR count). The van der Waals surface area contributed by atoms with Crippen molar-refractivity contribution in [2.45, 2.75) is 31.7 Å². The van der Waals surface area contributed by atoms with Crippen LogP contribution in [-0.2, 0) is 0 Å². The number of nitrogens with one attached hydrogen (secondary N) is 1. The minimum atomic E-state index is -0.388. The first-order valence-corrected chi connectivity index (χ1v) is 6.96. The Morgan fingerprint density at radius 3 is 2.56 bits per heavy atom. The summed E-state index contributed by atoms with van der Waals surface area (Å²) in [4.78, 5) is 4.78. The summed E-state index contributed by atoms with van der Waals surface area (Å²) in [6.07, 6.45) is 3.49. The van der Waals surface area contributed by atoms with Crippen LogP contribution in [0, 0.1) is 17.2 Å². The van der Waals surface area contributed by atoms with E-state index >= 15 is 0 Å². The van der Waals surface area contributed by atoms with Gasteiger partial charge in [0.1, 0.15) is 5.54 Å². The lowest BCUT2D eigenvalue weighted by atomic mass is 9.95. The van der Waals surface area contributed by atoms with Gasteiger partial charge in [-0.15, -0.1) is 0 Å². The SMILES string of the molecule is CNC(C)(C#N)CCN(C)CC1CCN(C)CC1. The average molecular weight is 252 g/mol. The number of likely N-dealkylation sites (tertiary alicyclic amines) is 1. The molecule has 1 aliphatic heterocycles. The Morgan fingerprint density at radius 1 is 1.44 bits per heavy atom. The molecule has 1 fully saturated rings. The molecule has 1 saturated heterocycles. The van der Waals surface area contributed by atoms with Crippen molar-refractivity contribution < 1.29 is 0 Å².